The van der Waals surface area contributed by atoms with Gasteiger partial charge >= 0.3 is 5.97 Å². The monoisotopic (exact) mass is 786 g/mol. The fourth-order valence-corrected chi connectivity index (χ4v) is 7.07. The number of hydrogen-bond donors (Lipinski definition) is 3. The number of rotatable bonds is 42. The molecule has 0 aromatic heterocycles. The fourth-order valence-electron chi connectivity index (χ4n) is 7.07. The van der Waals surface area contributed by atoms with Gasteiger partial charge in [-0.1, -0.05) is 198 Å². The molecule has 0 radical (unpaired) electrons. The Labute approximate surface area is 346 Å². The third-order valence-electron chi connectivity index (χ3n) is 10.7. The van der Waals surface area contributed by atoms with Gasteiger partial charge in [-0.25, -0.2) is 0 Å². The Balaban J connectivity index is 4.62. The quantitative estimate of drug-likeness (QED) is 0.0248. The Morgan fingerprint density at radius 2 is 0.982 bits per heavy atom. The molecule has 0 fully saturated rings. The first-order chi connectivity index (χ1) is 27.5. The van der Waals surface area contributed by atoms with Gasteiger partial charge in [0.05, 0.1) is 25.2 Å². The van der Waals surface area contributed by atoms with Crippen LogP contribution in [0.1, 0.15) is 233 Å². The van der Waals surface area contributed by atoms with Crippen LogP contribution in [0.2, 0.25) is 0 Å². The Hall–Kier alpha value is -2.18. The molecule has 0 heterocycles. The van der Waals surface area contributed by atoms with Crippen LogP contribution >= 0.6 is 0 Å². The lowest BCUT2D eigenvalue weighted by atomic mass is 10.0. The molecule has 1 amide bonds. The van der Waals surface area contributed by atoms with Crippen LogP contribution < -0.4 is 5.32 Å². The second-order valence-corrected chi connectivity index (χ2v) is 16.2. The van der Waals surface area contributed by atoms with Crippen LogP contribution in [-0.2, 0) is 14.3 Å². The summed E-state index contributed by atoms with van der Waals surface area (Å²) in [6.45, 7) is 6.32. The molecule has 0 saturated heterocycles. The highest BCUT2D eigenvalue weighted by Crippen LogP contribution is 2.17. The summed E-state index contributed by atoms with van der Waals surface area (Å²) in [5.74, 6) is -0.527. The van der Waals surface area contributed by atoms with E-state index >= 15 is 0 Å². The van der Waals surface area contributed by atoms with Gasteiger partial charge in [0, 0.05) is 6.42 Å². The number of aliphatic hydroxyl groups excluding tert-OH is 2. The second-order valence-electron chi connectivity index (χ2n) is 16.2. The summed E-state index contributed by atoms with van der Waals surface area (Å²) < 4.78 is 5.88. The molecule has 3 atom stereocenters. The zero-order valence-electron chi connectivity index (χ0n) is 37.0. The number of nitrogens with one attached hydrogen (secondary N) is 1. The van der Waals surface area contributed by atoms with Crippen LogP contribution in [0.25, 0.3) is 0 Å². The first kappa shape index (κ1) is 53.8. The predicted molar refractivity (Wildman–Crippen MR) is 241 cm³/mol. The summed E-state index contributed by atoms with van der Waals surface area (Å²) in [5.41, 5.74) is 0. The van der Waals surface area contributed by atoms with Crippen LogP contribution in [0.3, 0.4) is 0 Å². The van der Waals surface area contributed by atoms with Crippen molar-refractivity contribution in [2.24, 2.45) is 0 Å². The van der Waals surface area contributed by atoms with Crippen molar-refractivity contribution in [1.82, 2.24) is 5.32 Å². The van der Waals surface area contributed by atoms with Crippen molar-refractivity contribution in [3.8, 4) is 0 Å². The first-order valence-corrected chi connectivity index (χ1v) is 23.9. The summed E-state index contributed by atoms with van der Waals surface area (Å²) in [7, 11) is 0. The van der Waals surface area contributed by atoms with E-state index in [0.717, 1.165) is 83.5 Å². The topological polar surface area (TPSA) is 95.9 Å². The molecule has 56 heavy (non-hydrogen) atoms. The van der Waals surface area contributed by atoms with Crippen molar-refractivity contribution in [3.63, 3.8) is 0 Å². The molecule has 0 aliphatic rings. The Bertz CT molecular complexity index is 972. The maximum Gasteiger partial charge on any atom is 0.306 e. The predicted octanol–water partition coefficient (Wildman–Crippen LogP) is 13.9. The maximum atomic E-state index is 13.1. The maximum absolute atomic E-state index is 13.1. The normalized spacial score (nSPS) is 13.7. The van der Waals surface area contributed by atoms with Crippen LogP contribution in [0.15, 0.2) is 48.6 Å². The van der Waals surface area contributed by atoms with Crippen LogP contribution in [0, 0.1) is 0 Å². The standard InChI is InChI=1S/C50H91NO5/c1-4-7-10-13-16-19-22-24-25-28-31-34-37-40-43-50(55)56-46(41-38-35-32-29-26-21-18-15-12-9-6-3)44-49(54)51-47(45-52)48(53)42-39-36-33-30-27-23-20-17-14-11-8-5-2/h9,12,15,18,21,25-26,28,46-48,52-53H,4-8,10-11,13-14,16-17,19-20,22-24,27,29-45H2,1-3H3,(H,51,54)/b12-9+,18-15+,26-21-,28-25-. The van der Waals surface area contributed by atoms with Crippen molar-refractivity contribution in [2.45, 2.75) is 251 Å². The lowest BCUT2D eigenvalue weighted by Crippen LogP contribution is -2.46. The molecule has 0 aromatic rings. The Kier molecular flexibility index (Phi) is 42.2. The Morgan fingerprint density at radius 1 is 0.536 bits per heavy atom. The molecular weight excluding hydrogens is 695 g/mol. The minimum atomic E-state index is -0.797. The van der Waals surface area contributed by atoms with Crippen LogP contribution in [0.4, 0.5) is 0 Å². The molecule has 0 aliphatic carbocycles. The molecule has 326 valence electrons. The van der Waals surface area contributed by atoms with E-state index in [0.29, 0.717) is 19.3 Å². The van der Waals surface area contributed by atoms with Crippen molar-refractivity contribution in [1.29, 1.82) is 0 Å². The van der Waals surface area contributed by atoms with Crippen molar-refractivity contribution < 1.29 is 24.5 Å². The van der Waals surface area contributed by atoms with E-state index in [2.05, 4.69) is 62.5 Å². The number of amides is 1. The molecule has 0 rings (SSSR count). The zero-order chi connectivity index (χ0) is 41.0. The van der Waals surface area contributed by atoms with Crippen LogP contribution in [-0.4, -0.2) is 46.9 Å². The van der Waals surface area contributed by atoms with E-state index in [1.165, 1.54) is 103 Å². The number of hydrogen-bond acceptors (Lipinski definition) is 5. The van der Waals surface area contributed by atoms with Gasteiger partial charge in [-0.05, 0) is 70.6 Å². The van der Waals surface area contributed by atoms with E-state index in [-0.39, 0.29) is 24.9 Å². The number of ether oxygens (including phenoxy) is 1. The molecule has 0 aliphatic heterocycles. The summed E-state index contributed by atoms with van der Waals surface area (Å²) in [6, 6.07) is -0.713. The third kappa shape index (κ3) is 38.7. The highest BCUT2D eigenvalue weighted by Gasteiger charge is 2.24. The van der Waals surface area contributed by atoms with E-state index in [1.807, 2.05) is 12.2 Å². The smallest absolute Gasteiger partial charge is 0.306 e. The van der Waals surface area contributed by atoms with Gasteiger partial charge in [-0.15, -0.1) is 0 Å². The van der Waals surface area contributed by atoms with Gasteiger partial charge in [0.1, 0.15) is 6.10 Å². The molecule has 0 aromatic carbocycles. The minimum Gasteiger partial charge on any atom is -0.462 e. The molecule has 0 saturated carbocycles. The SMILES string of the molecule is CC/C=C/C=C/C=C\CCCCCC(CC(=O)NC(CO)C(O)CCCCCCCCCCCCCC)OC(=O)CCCCC/C=C\CCCCCCCCC. The summed E-state index contributed by atoms with van der Waals surface area (Å²) in [6.07, 6.45) is 51.7. The zero-order valence-corrected chi connectivity index (χ0v) is 37.0. The molecular formula is C50H91NO5. The number of esters is 1. The summed E-state index contributed by atoms with van der Waals surface area (Å²) in [4.78, 5) is 26.0. The largest absolute Gasteiger partial charge is 0.462 e. The van der Waals surface area contributed by atoms with Crippen molar-refractivity contribution >= 4 is 11.9 Å². The number of allylic oxidation sites excluding steroid dienone is 8. The number of carbonyl (C=O) groups is 2. The van der Waals surface area contributed by atoms with E-state index in [4.69, 9.17) is 4.74 Å². The minimum absolute atomic E-state index is 0.0487. The van der Waals surface area contributed by atoms with Gasteiger partial charge in [0.25, 0.3) is 0 Å². The van der Waals surface area contributed by atoms with Crippen molar-refractivity contribution in [3.05, 3.63) is 48.6 Å². The van der Waals surface area contributed by atoms with Gasteiger partial charge in [0.2, 0.25) is 5.91 Å². The van der Waals surface area contributed by atoms with Gasteiger partial charge in [-0.3, -0.25) is 9.59 Å². The molecule has 3 unspecified atom stereocenters. The van der Waals surface area contributed by atoms with E-state index in [9.17, 15) is 19.8 Å². The fraction of sp³-hybridized carbons (Fsp3) is 0.800. The highest BCUT2D eigenvalue weighted by atomic mass is 16.5. The lowest BCUT2D eigenvalue weighted by Gasteiger charge is -2.24. The average Bonchev–Trinajstić information content (AvgIpc) is 3.19. The number of aliphatic hydroxyl groups is 2. The number of unbranched alkanes of at least 4 members (excludes halogenated alkanes) is 24. The van der Waals surface area contributed by atoms with E-state index in [1.54, 1.807) is 0 Å². The van der Waals surface area contributed by atoms with E-state index < -0.39 is 18.2 Å². The molecule has 0 spiro atoms. The highest BCUT2D eigenvalue weighted by molar-refractivity contribution is 5.77. The first-order valence-electron chi connectivity index (χ1n) is 23.9. The van der Waals surface area contributed by atoms with Gasteiger partial charge < -0.3 is 20.3 Å². The van der Waals surface area contributed by atoms with Crippen LogP contribution in [0.5, 0.6) is 0 Å². The van der Waals surface area contributed by atoms with Gasteiger partial charge in [-0.2, -0.15) is 0 Å². The molecule has 3 N–H and O–H groups in total. The third-order valence-corrected chi connectivity index (χ3v) is 10.7. The summed E-state index contributed by atoms with van der Waals surface area (Å²) in [5, 5.41) is 23.7. The molecule has 6 nitrogen and oxygen atoms in total. The van der Waals surface area contributed by atoms with Gasteiger partial charge in [0.15, 0.2) is 0 Å². The molecule has 0 bridgehead atoms. The molecule has 6 heteroatoms. The second kappa shape index (κ2) is 43.9. The Morgan fingerprint density at radius 3 is 1.52 bits per heavy atom. The number of carbonyl (C=O) groups excluding carboxylic acids is 2. The lowest BCUT2D eigenvalue weighted by molar-refractivity contribution is -0.151. The van der Waals surface area contributed by atoms with Crippen molar-refractivity contribution in [2.75, 3.05) is 6.61 Å². The average molecular weight is 786 g/mol. The summed E-state index contributed by atoms with van der Waals surface area (Å²) >= 11 is 0.